The second kappa shape index (κ2) is 6.08. The van der Waals surface area contributed by atoms with Gasteiger partial charge in [-0.15, -0.1) is 0 Å². The molecule has 0 unspecified atom stereocenters. The van der Waals surface area contributed by atoms with Crippen LogP contribution in [0.25, 0.3) is 0 Å². The molecule has 21 heavy (non-hydrogen) atoms. The Morgan fingerprint density at radius 1 is 1.29 bits per heavy atom. The van der Waals surface area contributed by atoms with E-state index >= 15 is 0 Å². The fourth-order valence-electron chi connectivity index (χ4n) is 1.52. The number of ether oxygens (including phenoxy) is 1. The molecule has 0 aliphatic carbocycles. The summed E-state index contributed by atoms with van der Waals surface area (Å²) < 4.78 is 33.5. The average Bonchev–Trinajstić information content (AvgIpc) is 2.92. The van der Waals surface area contributed by atoms with Gasteiger partial charge in [0.25, 0.3) is 10.0 Å². The fraction of sp³-hybridized carbons (Fsp3) is 0.417. The standard InChI is InChI=1S/C12H17N5O3S/c1-4-20-12-13-5-10(6-14-12)16-21(18,19)11-7-17(8-15-11)9(2)3/h5-9,16H,4H2,1-3H3. The van der Waals surface area contributed by atoms with Gasteiger partial charge in [-0.1, -0.05) is 0 Å². The van der Waals surface area contributed by atoms with Crippen LogP contribution < -0.4 is 9.46 Å². The number of nitrogens with one attached hydrogen (secondary N) is 1. The summed E-state index contributed by atoms with van der Waals surface area (Å²) in [5.74, 6) is 0. The highest BCUT2D eigenvalue weighted by Crippen LogP contribution is 2.15. The Balaban J connectivity index is 2.16. The van der Waals surface area contributed by atoms with Crippen LogP contribution in [0.3, 0.4) is 0 Å². The molecule has 2 aromatic heterocycles. The lowest BCUT2D eigenvalue weighted by atomic mass is 10.4. The van der Waals surface area contributed by atoms with Crippen LogP contribution in [0.5, 0.6) is 6.01 Å². The molecule has 0 saturated carbocycles. The predicted octanol–water partition coefficient (Wildman–Crippen LogP) is 1.45. The van der Waals surface area contributed by atoms with Gasteiger partial charge in [0.2, 0.25) is 0 Å². The van der Waals surface area contributed by atoms with Crippen molar-refractivity contribution in [1.29, 1.82) is 0 Å². The van der Waals surface area contributed by atoms with Crippen molar-refractivity contribution in [2.75, 3.05) is 11.3 Å². The largest absolute Gasteiger partial charge is 0.464 e. The van der Waals surface area contributed by atoms with E-state index in [1.807, 2.05) is 20.8 Å². The van der Waals surface area contributed by atoms with Crippen molar-refractivity contribution < 1.29 is 13.2 Å². The Hall–Kier alpha value is -2.16. The molecule has 2 heterocycles. The van der Waals surface area contributed by atoms with Crippen molar-refractivity contribution in [3.05, 3.63) is 24.9 Å². The van der Waals surface area contributed by atoms with Crippen LogP contribution in [0.4, 0.5) is 5.69 Å². The van der Waals surface area contributed by atoms with Crippen LogP contribution in [0.2, 0.25) is 0 Å². The third kappa shape index (κ3) is 3.69. The summed E-state index contributed by atoms with van der Waals surface area (Å²) in [6.07, 6.45) is 5.64. The molecule has 0 fully saturated rings. The molecule has 0 radical (unpaired) electrons. The number of hydrogen-bond acceptors (Lipinski definition) is 6. The van der Waals surface area contributed by atoms with E-state index in [-0.39, 0.29) is 22.8 Å². The Morgan fingerprint density at radius 2 is 1.95 bits per heavy atom. The minimum Gasteiger partial charge on any atom is -0.464 e. The van der Waals surface area contributed by atoms with E-state index in [1.165, 1.54) is 24.9 Å². The maximum Gasteiger partial charge on any atom is 0.316 e. The quantitative estimate of drug-likeness (QED) is 0.867. The number of anilines is 1. The van der Waals surface area contributed by atoms with Gasteiger partial charge in [-0.25, -0.2) is 15.0 Å². The van der Waals surface area contributed by atoms with Crippen molar-refractivity contribution in [2.24, 2.45) is 0 Å². The number of aromatic nitrogens is 4. The number of sulfonamides is 1. The van der Waals surface area contributed by atoms with Crippen LogP contribution in [0, 0.1) is 0 Å². The topological polar surface area (TPSA) is 99.0 Å². The van der Waals surface area contributed by atoms with Crippen LogP contribution in [-0.2, 0) is 10.0 Å². The summed E-state index contributed by atoms with van der Waals surface area (Å²) in [7, 11) is -3.75. The highest BCUT2D eigenvalue weighted by atomic mass is 32.2. The Labute approximate surface area is 123 Å². The molecule has 0 bridgehead atoms. The molecule has 0 atom stereocenters. The molecule has 114 valence electrons. The minimum absolute atomic E-state index is 0.0508. The van der Waals surface area contributed by atoms with Crippen molar-refractivity contribution in [3.63, 3.8) is 0 Å². The maximum atomic E-state index is 12.2. The summed E-state index contributed by atoms with van der Waals surface area (Å²) in [6, 6.07) is 0.333. The van der Waals surface area contributed by atoms with Crippen molar-refractivity contribution in [3.8, 4) is 6.01 Å². The maximum absolute atomic E-state index is 12.2. The van der Waals surface area contributed by atoms with Crippen LogP contribution >= 0.6 is 0 Å². The minimum atomic E-state index is -3.75. The monoisotopic (exact) mass is 311 g/mol. The van der Waals surface area contributed by atoms with Gasteiger partial charge in [-0.2, -0.15) is 8.42 Å². The van der Waals surface area contributed by atoms with E-state index in [2.05, 4.69) is 19.7 Å². The van der Waals surface area contributed by atoms with Crippen molar-refractivity contribution in [2.45, 2.75) is 31.8 Å². The lowest BCUT2D eigenvalue weighted by molar-refractivity contribution is 0.312. The first-order valence-corrected chi connectivity index (χ1v) is 7.92. The summed E-state index contributed by atoms with van der Waals surface area (Å²) in [5, 5.41) is -0.0508. The molecule has 0 amide bonds. The number of imidazole rings is 1. The second-order valence-corrected chi connectivity index (χ2v) is 6.17. The molecule has 0 saturated heterocycles. The molecule has 0 aromatic carbocycles. The molecule has 0 spiro atoms. The average molecular weight is 311 g/mol. The van der Waals surface area contributed by atoms with E-state index in [9.17, 15) is 8.42 Å². The van der Waals surface area contributed by atoms with Gasteiger partial charge in [0.1, 0.15) is 0 Å². The first-order valence-electron chi connectivity index (χ1n) is 6.43. The number of hydrogen-bond donors (Lipinski definition) is 1. The molecule has 0 aliphatic heterocycles. The van der Waals surface area contributed by atoms with Crippen LogP contribution in [0.15, 0.2) is 29.9 Å². The van der Waals surface area contributed by atoms with Gasteiger partial charge >= 0.3 is 6.01 Å². The summed E-state index contributed by atoms with van der Waals surface area (Å²) >= 11 is 0. The van der Waals surface area contributed by atoms with Gasteiger partial charge in [-0.3, -0.25) is 4.72 Å². The summed E-state index contributed by atoms with van der Waals surface area (Å²) in [4.78, 5) is 11.7. The SMILES string of the molecule is CCOc1ncc(NS(=O)(=O)c2cn(C(C)C)cn2)cn1. The lowest BCUT2D eigenvalue weighted by Gasteiger charge is -2.06. The van der Waals surface area contributed by atoms with Gasteiger partial charge in [0, 0.05) is 12.2 Å². The first-order chi connectivity index (χ1) is 9.92. The third-order valence-electron chi connectivity index (χ3n) is 2.60. The van der Waals surface area contributed by atoms with Crippen molar-refractivity contribution in [1.82, 2.24) is 19.5 Å². The van der Waals surface area contributed by atoms with E-state index in [0.29, 0.717) is 6.61 Å². The summed E-state index contributed by atoms with van der Waals surface area (Å²) in [5.41, 5.74) is 0.248. The van der Waals surface area contributed by atoms with E-state index in [4.69, 9.17) is 4.74 Å². The van der Waals surface area contributed by atoms with Crippen LogP contribution in [-0.4, -0.2) is 34.5 Å². The first kappa shape index (κ1) is 15.2. The number of rotatable bonds is 6. The highest BCUT2D eigenvalue weighted by Gasteiger charge is 2.18. The predicted molar refractivity (Wildman–Crippen MR) is 76.6 cm³/mol. The Bertz CT molecular complexity index is 694. The molecule has 2 aromatic rings. The van der Waals surface area contributed by atoms with Gasteiger partial charge in [0.15, 0.2) is 5.03 Å². The number of nitrogens with zero attached hydrogens (tertiary/aromatic N) is 4. The molecule has 2 rings (SSSR count). The van der Waals surface area contributed by atoms with Gasteiger partial charge < -0.3 is 9.30 Å². The van der Waals surface area contributed by atoms with E-state index < -0.39 is 10.0 Å². The van der Waals surface area contributed by atoms with Gasteiger partial charge in [-0.05, 0) is 20.8 Å². The zero-order valence-corrected chi connectivity index (χ0v) is 12.8. The zero-order chi connectivity index (χ0) is 15.5. The smallest absolute Gasteiger partial charge is 0.316 e. The van der Waals surface area contributed by atoms with Crippen molar-refractivity contribution >= 4 is 15.7 Å². The van der Waals surface area contributed by atoms with E-state index in [0.717, 1.165) is 0 Å². The Morgan fingerprint density at radius 3 is 2.48 bits per heavy atom. The van der Waals surface area contributed by atoms with Gasteiger partial charge in [0.05, 0.1) is 31.0 Å². The normalized spacial score (nSPS) is 11.6. The third-order valence-corrected chi connectivity index (χ3v) is 3.87. The molecule has 8 nitrogen and oxygen atoms in total. The molecule has 0 aliphatic rings. The lowest BCUT2D eigenvalue weighted by Crippen LogP contribution is -2.14. The summed E-state index contributed by atoms with van der Waals surface area (Å²) in [6.45, 7) is 6.13. The fourth-order valence-corrected chi connectivity index (χ4v) is 2.49. The molecular weight excluding hydrogens is 294 g/mol. The highest BCUT2D eigenvalue weighted by molar-refractivity contribution is 7.92. The van der Waals surface area contributed by atoms with E-state index in [1.54, 1.807) is 4.57 Å². The molecule has 1 N–H and O–H groups in total. The molecular formula is C12H17N5O3S. The Kier molecular flexibility index (Phi) is 4.41. The second-order valence-electron chi connectivity index (χ2n) is 4.55. The zero-order valence-electron chi connectivity index (χ0n) is 12.0. The molecule has 9 heteroatoms. The van der Waals surface area contributed by atoms with Crippen LogP contribution in [0.1, 0.15) is 26.8 Å².